The van der Waals surface area contributed by atoms with Gasteiger partial charge >= 0.3 is 0 Å². The second-order valence-electron chi connectivity index (χ2n) is 10.4. The molecule has 32 heavy (non-hydrogen) atoms. The topological polar surface area (TPSA) is 35.5 Å². The lowest BCUT2D eigenvalue weighted by atomic mass is 9.90. The quantitative estimate of drug-likeness (QED) is 0.256. The Morgan fingerprint density at radius 2 is 1.50 bits per heavy atom. The number of unbranched alkanes of at least 4 members (excludes halogenated alkanes) is 8. The van der Waals surface area contributed by atoms with E-state index in [1.165, 1.54) is 75.3 Å². The summed E-state index contributed by atoms with van der Waals surface area (Å²) in [6.07, 6.45) is 17.4. The average Bonchev–Trinajstić information content (AvgIpc) is 2.75. The van der Waals surface area contributed by atoms with E-state index < -0.39 is 0 Å². The molecule has 1 heterocycles. The van der Waals surface area contributed by atoms with Crippen LogP contribution in [-0.4, -0.2) is 18.5 Å². The maximum atomic E-state index is 11.4. The van der Waals surface area contributed by atoms with Crippen molar-refractivity contribution in [2.24, 2.45) is 5.92 Å². The summed E-state index contributed by atoms with van der Waals surface area (Å²) in [5, 5.41) is 0. The number of carbonyl (C=O) groups excluding carboxylic acids is 1. The van der Waals surface area contributed by atoms with Crippen LogP contribution in [0.25, 0.3) is 0 Å². The van der Waals surface area contributed by atoms with Crippen LogP contribution < -0.4 is 9.47 Å². The van der Waals surface area contributed by atoms with Crippen molar-refractivity contribution in [3.05, 3.63) is 22.3 Å². The Labute approximate surface area is 197 Å². The highest BCUT2D eigenvalue weighted by Crippen LogP contribution is 2.42. The number of ketones is 1. The smallest absolute Gasteiger partial charge is 0.167 e. The second kappa shape index (κ2) is 13.9. The molecule has 0 fully saturated rings. The van der Waals surface area contributed by atoms with Crippen molar-refractivity contribution < 1.29 is 14.3 Å². The standard InChI is InChI=1S/C29H48O3/c1-21(2)16-14-12-10-8-7-9-11-13-15-17-26-18-19-27-25(6)28(31-20-22(3)30)23(4)24(5)29(27)32-26/h21,26H,7-20H2,1-6H3/t26-/m1/s1. The fourth-order valence-electron chi connectivity index (χ4n) is 4.90. The number of fused-ring (bicyclic) bond motifs is 1. The number of benzene rings is 1. The largest absolute Gasteiger partial charge is 0.490 e. The molecule has 0 bridgehead atoms. The van der Waals surface area contributed by atoms with Gasteiger partial charge in [-0.2, -0.15) is 0 Å². The first kappa shape index (κ1) is 26.7. The minimum Gasteiger partial charge on any atom is -0.490 e. The molecule has 0 amide bonds. The molecule has 0 spiro atoms. The van der Waals surface area contributed by atoms with E-state index in [9.17, 15) is 4.79 Å². The molecule has 3 nitrogen and oxygen atoms in total. The lowest BCUT2D eigenvalue weighted by molar-refractivity contribution is -0.118. The summed E-state index contributed by atoms with van der Waals surface area (Å²) in [4.78, 5) is 11.4. The Bertz CT molecular complexity index is 720. The molecule has 1 aliphatic heterocycles. The molecule has 0 aliphatic carbocycles. The Morgan fingerprint density at radius 1 is 0.906 bits per heavy atom. The van der Waals surface area contributed by atoms with Gasteiger partial charge in [-0.15, -0.1) is 0 Å². The molecule has 0 saturated carbocycles. The fraction of sp³-hybridized carbons (Fsp3) is 0.759. The fourth-order valence-corrected chi connectivity index (χ4v) is 4.90. The molecule has 1 aromatic rings. The number of rotatable bonds is 15. The lowest BCUT2D eigenvalue weighted by Crippen LogP contribution is -2.24. The van der Waals surface area contributed by atoms with Crippen molar-refractivity contribution in [1.82, 2.24) is 0 Å². The molecule has 0 N–H and O–H groups in total. The van der Waals surface area contributed by atoms with Crippen LogP contribution in [0.4, 0.5) is 0 Å². The SMILES string of the molecule is CC(=O)COc1c(C)c(C)c2c(c1C)CC[C@@H](CCCCCCCCCCCC(C)C)O2. The second-order valence-corrected chi connectivity index (χ2v) is 10.4. The third-order valence-corrected chi connectivity index (χ3v) is 7.04. The van der Waals surface area contributed by atoms with E-state index in [2.05, 4.69) is 34.6 Å². The molecule has 0 radical (unpaired) electrons. The normalized spacial score (nSPS) is 15.5. The zero-order chi connectivity index (χ0) is 23.5. The maximum absolute atomic E-state index is 11.4. The van der Waals surface area contributed by atoms with Crippen LogP contribution in [0.1, 0.15) is 120 Å². The van der Waals surface area contributed by atoms with Gasteiger partial charge in [0.2, 0.25) is 0 Å². The van der Waals surface area contributed by atoms with Gasteiger partial charge in [-0.3, -0.25) is 4.79 Å². The first-order chi connectivity index (χ1) is 15.3. The van der Waals surface area contributed by atoms with Crippen molar-refractivity contribution in [3.63, 3.8) is 0 Å². The molecule has 0 unspecified atom stereocenters. The summed E-state index contributed by atoms with van der Waals surface area (Å²) in [5.41, 5.74) is 4.69. The van der Waals surface area contributed by atoms with Gasteiger partial charge in [-0.25, -0.2) is 0 Å². The van der Waals surface area contributed by atoms with E-state index in [-0.39, 0.29) is 12.4 Å². The molecular formula is C29H48O3. The molecule has 3 heteroatoms. The predicted molar refractivity (Wildman–Crippen MR) is 135 cm³/mol. The minimum absolute atomic E-state index is 0.0529. The van der Waals surface area contributed by atoms with Gasteiger partial charge in [0, 0.05) is 5.56 Å². The van der Waals surface area contributed by atoms with Gasteiger partial charge in [0.25, 0.3) is 0 Å². The van der Waals surface area contributed by atoms with E-state index >= 15 is 0 Å². The van der Waals surface area contributed by atoms with Crippen LogP contribution in [0.3, 0.4) is 0 Å². The number of carbonyl (C=O) groups is 1. The van der Waals surface area contributed by atoms with Crippen molar-refractivity contribution >= 4 is 5.78 Å². The number of hydrogen-bond donors (Lipinski definition) is 0. The molecule has 1 aromatic carbocycles. The predicted octanol–water partition coefficient (Wildman–Crippen LogP) is 8.22. The van der Waals surface area contributed by atoms with Crippen molar-refractivity contribution in [2.75, 3.05) is 6.61 Å². The number of ether oxygens (including phenoxy) is 2. The Kier molecular flexibility index (Phi) is 11.6. The Balaban J connectivity index is 1.69. The minimum atomic E-state index is 0.0529. The highest BCUT2D eigenvalue weighted by molar-refractivity contribution is 5.77. The molecule has 1 atom stereocenters. The van der Waals surface area contributed by atoms with E-state index in [0.29, 0.717) is 6.10 Å². The highest BCUT2D eigenvalue weighted by atomic mass is 16.5. The van der Waals surface area contributed by atoms with Crippen LogP contribution in [0.5, 0.6) is 11.5 Å². The highest BCUT2D eigenvalue weighted by Gasteiger charge is 2.26. The van der Waals surface area contributed by atoms with E-state index in [1.54, 1.807) is 6.92 Å². The van der Waals surface area contributed by atoms with Gasteiger partial charge < -0.3 is 9.47 Å². The van der Waals surface area contributed by atoms with Gasteiger partial charge in [0.1, 0.15) is 18.1 Å². The Morgan fingerprint density at radius 3 is 2.09 bits per heavy atom. The van der Waals surface area contributed by atoms with Crippen LogP contribution >= 0.6 is 0 Å². The van der Waals surface area contributed by atoms with Crippen molar-refractivity contribution in [2.45, 2.75) is 131 Å². The molecular weight excluding hydrogens is 396 g/mol. The lowest BCUT2D eigenvalue weighted by Gasteiger charge is -2.31. The molecule has 182 valence electrons. The summed E-state index contributed by atoms with van der Waals surface area (Å²) in [5.74, 6) is 2.86. The van der Waals surface area contributed by atoms with Gasteiger partial charge in [-0.05, 0) is 76.0 Å². The van der Waals surface area contributed by atoms with Crippen LogP contribution in [0.2, 0.25) is 0 Å². The third kappa shape index (κ3) is 8.45. The summed E-state index contributed by atoms with van der Waals surface area (Å²) in [7, 11) is 0. The van der Waals surface area contributed by atoms with Crippen LogP contribution in [-0.2, 0) is 11.2 Å². The third-order valence-electron chi connectivity index (χ3n) is 7.04. The summed E-state index contributed by atoms with van der Waals surface area (Å²) < 4.78 is 12.3. The summed E-state index contributed by atoms with van der Waals surface area (Å²) in [6.45, 7) is 12.7. The molecule has 1 aliphatic rings. The molecule has 0 aromatic heterocycles. The van der Waals surface area contributed by atoms with Crippen molar-refractivity contribution in [3.8, 4) is 11.5 Å². The Hall–Kier alpha value is -1.51. The van der Waals surface area contributed by atoms with Crippen molar-refractivity contribution in [1.29, 1.82) is 0 Å². The van der Waals surface area contributed by atoms with Crippen LogP contribution in [0.15, 0.2) is 0 Å². The maximum Gasteiger partial charge on any atom is 0.167 e. The molecule has 2 rings (SSSR count). The van der Waals surface area contributed by atoms with E-state index in [4.69, 9.17) is 9.47 Å². The van der Waals surface area contributed by atoms with E-state index in [1.807, 2.05) is 0 Å². The number of Topliss-reactive ketones (excluding diaryl/α,β-unsaturated/α-hetero) is 1. The van der Waals surface area contributed by atoms with Crippen LogP contribution in [0, 0.1) is 26.7 Å². The summed E-state index contributed by atoms with van der Waals surface area (Å²) in [6, 6.07) is 0. The zero-order valence-electron chi connectivity index (χ0n) is 21.8. The number of hydrogen-bond acceptors (Lipinski definition) is 3. The first-order valence-corrected chi connectivity index (χ1v) is 13.2. The van der Waals surface area contributed by atoms with Gasteiger partial charge in [-0.1, -0.05) is 71.6 Å². The molecule has 0 saturated heterocycles. The van der Waals surface area contributed by atoms with Gasteiger partial charge in [0.15, 0.2) is 5.78 Å². The van der Waals surface area contributed by atoms with Gasteiger partial charge in [0.05, 0.1) is 6.10 Å². The monoisotopic (exact) mass is 444 g/mol. The summed E-state index contributed by atoms with van der Waals surface area (Å²) >= 11 is 0. The zero-order valence-corrected chi connectivity index (χ0v) is 21.8. The van der Waals surface area contributed by atoms with E-state index in [0.717, 1.165) is 47.8 Å². The average molecular weight is 445 g/mol. The first-order valence-electron chi connectivity index (χ1n) is 13.2.